The fraction of sp³-hybridized carbons (Fsp3) is 0.308. The molecule has 0 aliphatic carbocycles. The number of benzene rings is 1. The Bertz CT molecular complexity index is 673. The quantitative estimate of drug-likeness (QED) is 0.594. The minimum Gasteiger partial charge on any atom is -0.508 e. The van der Waals surface area contributed by atoms with E-state index < -0.39 is 0 Å². The van der Waals surface area contributed by atoms with Gasteiger partial charge in [0.05, 0.1) is 18.0 Å². The Balaban J connectivity index is 1.89. The number of carbonyl (C=O) groups excluding carboxylic acids is 2. The molecule has 122 valence electrons. The number of aromatic nitrogens is 4. The lowest BCUT2D eigenvalue weighted by Crippen LogP contribution is -2.37. The number of hydrogen-bond acceptors (Lipinski definition) is 7. The van der Waals surface area contributed by atoms with Gasteiger partial charge in [0.25, 0.3) is 0 Å². The molecular weight excluding hydrogens is 320 g/mol. The van der Waals surface area contributed by atoms with Gasteiger partial charge in [0.2, 0.25) is 17.0 Å². The zero-order chi connectivity index (χ0) is 16.7. The van der Waals surface area contributed by atoms with Crippen LogP contribution < -0.4 is 10.6 Å². The molecule has 0 spiro atoms. The zero-order valence-corrected chi connectivity index (χ0v) is 13.2. The Labute approximate surface area is 136 Å². The summed E-state index contributed by atoms with van der Waals surface area (Å²) in [6, 6.07) is 6.35. The van der Waals surface area contributed by atoms with Crippen LogP contribution in [0.5, 0.6) is 5.75 Å². The maximum Gasteiger partial charge on any atom is 0.239 e. The molecule has 0 aliphatic rings. The van der Waals surface area contributed by atoms with Gasteiger partial charge in [0.15, 0.2) is 0 Å². The van der Waals surface area contributed by atoms with Crippen LogP contribution >= 0.6 is 11.8 Å². The lowest BCUT2D eigenvalue weighted by Gasteiger charge is -2.06. The Morgan fingerprint density at radius 3 is 2.65 bits per heavy atom. The molecule has 0 radical (unpaired) electrons. The second-order valence-electron chi connectivity index (χ2n) is 4.41. The Morgan fingerprint density at radius 1 is 1.22 bits per heavy atom. The molecule has 0 bridgehead atoms. The minimum atomic E-state index is -0.290. The van der Waals surface area contributed by atoms with Gasteiger partial charge < -0.3 is 15.7 Å². The lowest BCUT2D eigenvalue weighted by atomic mass is 10.3. The third-order valence-corrected chi connectivity index (χ3v) is 3.61. The normalized spacial score (nSPS) is 10.3. The van der Waals surface area contributed by atoms with Crippen molar-refractivity contribution >= 4 is 23.6 Å². The molecule has 23 heavy (non-hydrogen) atoms. The average molecular weight is 336 g/mol. The molecule has 0 atom stereocenters. The summed E-state index contributed by atoms with van der Waals surface area (Å²) in [5.74, 6) is -0.306. The first-order valence-electron chi connectivity index (χ1n) is 6.84. The van der Waals surface area contributed by atoms with E-state index in [1.807, 2.05) is 0 Å². The van der Waals surface area contributed by atoms with Crippen LogP contribution in [-0.2, 0) is 9.59 Å². The number of tetrazole rings is 1. The molecule has 10 heteroatoms. The van der Waals surface area contributed by atoms with Crippen LogP contribution in [0.2, 0.25) is 0 Å². The molecule has 1 heterocycles. The van der Waals surface area contributed by atoms with Crippen molar-refractivity contribution in [1.82, 2.24) is 30.8 Å². The Morgan fingerprint density at radius 2 is 1.96 bits per heavy atom. The van der Waals surface area contributed by atoms with Crippen molar-refractivity contribution in [2.24, 2.45) is 0 Å². The predicted octanol–water partition coefficient (Wildman–Crippen LogP) is -0.288. The van der Waals surface area contributed by atoms with Crippen LogP contribution in [0, 0.1) is 0 Å². The highest BCUT2D eigenvalue weighted by Crippen LogP contribution is 2.19. The van der Waals surface area contributed by atoms with E-state index >= 15 is 0 Å². The maximum absolute atomic E-state index is 11.7. The predicted molar refractivity (Wildman–Crippen MR) is 83.2 cm³/mol. The van der Waals surface area contributed by atoms with Gasteiger partial charge >= 0.3 is 0 Å². The summed E-state index contributed by atoms with van der Waals surface area (Å²) in [5.41, 5.74) is 0.665. The van der Waals surface area contributed by atoms with Crippen LogP contribution in [0.3, 0.4) is 0 Å². The maximum atomic E-state index is 11.7. The van der Waals surface area contributed by atoms with Gasteiger partial charge in [-0.25, -0.2) is 0 Å². The van der Waals surface area contributed by atoms with Crippen molar-refractivity contribution < 1.29 is 14.7 Å². The third kappa shape index (κ3) is 4.95. The van der Waals surface area contributed by atoms with Gasteiger partial charge in [-0.2, -0.15) is 4.68 Å². The fourth-order valence-electron chi connectivity index (χ4n) is 1.64. The van der Waals surface area contributed by atoms with Gasteiger partial charge in [0.1, 0.15) is 5.75 Å². The molecule has 0 saturated carbocycles. The second-order valence-corrected chi connectivity index (χ2v) is 5.35. The van der Waals surface area contributed by atoms with Gasteiger partial charge in [-0.1, -0.05) is 11.8 Å². The molecule has 2 amide bonds. The molecule has 2 aromatic rings. The summed E-state index contributed by atoms with van der Waals surface area (Å²) in [5, 5.41) is 26.1. The van der Waals surface area contributed by atoms with E-state index in [4.69, 9.17) is 0 Å². The van der Waals surface area contributed by atoms with Crippen molar-refractivity contribution in [2.75, 3.05) is 18.8 Å². The third-order valence-electron chi connectivity index (χ3n) is 2.69. The number of rotatable bonds is 7. The molecule has 2 rings (SSSR count). The molecular formula is C13H16N6O3S. The summed E-state index contributed by atoms with van der Waals surface area (Å²) in [4.78, 5) is 23.0. The van der Waals surface area contributed by atoms with E-state index in [9.17, 15) is 14.7 Å². The monoisotopic (exact) mass is 336 g/mol. The number of amides is 2. The molecule has 0 unspecified atom stereocenters. The Kier molecular flexibility index (Phi) is 5.92. The SMILES string of the molecule is CCNC(=O)CNC(=O)CSc1nnnn1-c1ccc(O)cc1. The number of nitrogens with zero attached hydrogens (tertiary/aromatic N) is 4. The molecule has 1 aromatic heterocycles. The van der Waals surface area contributed by atoms with Gasteiger partial charge in [-0.15, -0.1) is 5.10 Å². The van der Waals surface area contributed by atoms with Crippen molar-refractivity contribution in [1.29, 1.82) is 0 Å². The first kappa shape index (κ1) is 16.7. The number of carbonyl (C=O) groups is 2. The number of likely N-dealkylation sites (N-methyl/N-ethyl adjacent to an activating group) is 1. The van der Waals surface area contributed by atoms with Crippen LogP contribution in [-0.4, -0.2) is 56.0 Å². The summed E-state index contributed by atoms with van der Waals surface area (Å²) in [7, 11) is 0. The van der Waals surface area contributed by atoms with Crippen LogP contribution in [0.4, 0.5) is 0 Å². The first-order valence-corrected chi connectivity index (χ1v) is 7.82. The molecule has 0 saturated heterocycles. The summed E-state index contributed by atoms with van der Waals surface area (Å²) < 4.78 is 1.46. The van der Waals surface area contributed by atoms with Crippen LogP contribution in [0.15, 0.2) is 29.4 Å². The van der Waals surface area contributed by atoms with E-state index in [1.165, 1.54) is 16.8 Å². The molecule has 0 fully saturated rings. The van der Waals surface area contributed by atoms with E-state index in [2.05, 4.69) is 26.2 Å². The van der Waals surface area contributed by atoms with Crippen LogP contribution in [0.25, 0.3) is 5.69 Å². The smallest absolute Gasteiger partial charge is 0.239 e. The summed E-state index contributed by atoms with van der Waals surface area (Å²) in [6.45, 7) is 2.26. The molecule has 1 aromatic carbocycles. The first-order chi connectivity index (χ1) is 11.1. The fourth-order valence-corrected chi connectivity index (χ4v) is 2.37. The van der Waals surface area contributed by atoms with Crippen molar-refractivity contribution in [3.8, 4) is 11.4 Å². The molecule has 9 nitrogen and oxygen atoms in total. The Hall–Kier alpha value is -2.62. The lowest BCUT2D eigenvalue weighted by molar-refractivity contribution is -0.124. The number of nitrogens with one attached hydrogen (secondary N) is 2. The van der Waals surface area contributed by atoms with Gasteiger partial charge in [-0.3, -0.25) is 9.59 Å². The van der Waals surface area contributed by atoms with Gasteiger partial charge in [-0.05, 0) is 41.6 Å². The number of thioether (sulfide) groups is 1. The van der Waals surface area contributed by atoms with E-state index in [1.54, 1.807) is 19.1 Å². The highest BCUT2D eigenvalue weighted by molar-refractivity contribution is 7.99. The molecule has 0 aliphatic heterocycles. The summed E-state index contributed by atoms with van der Waals surface area (Å²) in [6.07, 6.45) is 0. The minimum absolute atomic E-state index is 0.0594. The number of phenolic OH excluding ortho intramolecular Hbond substituents is 1. The topological polar surface area (TPSA) is 122 Å². The average Bonchev–Trinajstić information content (AvgIpc) is 3.00. The van der Waals surface area contributed by atoms with Gasteiger partial charge in [0, 0.05) is 6.54 Å². The van der Waals surface area contributed by atoms with Crippen molar-refractivity contribution in [3.05, 3.63) is 24.3 Å². The van der Waals surface area contributed by atoms with Crippen LogP contribution in [0.1, 0.15) is 6.92 Å². The van der Waals surface area contributed by atoms with E-state index in [0.29, 0.717) is 17.4 Å². The van der Waals surface area contributed by atoms with Crippen molar-refractivity contribution in [3.63, 3.8) is 0 Å². The standard InChI is InChI=1S/C13H16N6O3S/c1-2-14-11(21)7-15-12(22)8-23-13-16-17-18-19(13)9-3-5-10(20)6-4-9/h3-6,20H,2,7-8H2,1H3,(H,14,21)(H,15,22). The molecule has 3 N–H and O–H groups in total. The van der Waals surface area contributed by atoms with E-state index in [0.717, 1.165) is 11.8 Å². The number of phenols is 1. The van der Waals surface area contributed by atoms with E-state index in [-0.39, 0.29) is 29.9 Å². The summed E-state index contributed by atoms with van der Waals surface area (Å²) >= 11 is 1.15. The van der Waals surface area contributed by atoms with Crippen molar-refractivity contribution in [2.45, 2.75) is 12.1 Å². The zero-order valence-electron chi connectivity index (χ0n) is 12.4. The highest BCUT2D eigenvalue weighted by atomic mass is 32.2. The number of hydrogen-bond donors (Lipinski definition) is 3. The largest absolute Gasteiger partial charge is 0.508 e. The highest BCUT2D eigenvalue weighted by Gasteiger charge is 2.12. The second kappa shape index (κ2) is 8.13. The number of aromatic hydroxyl groups is 1.